The van der Waals surface area contributed by atoms with E-state index in [4.69, 9.17) is 71.1 Å². The van der Waals surface area contributed by atoms with Gasteiger partial charge in [-0.15, -0.1) is 0 Å². The van der Waals surface area contributed by atoms with Crippen molar-refractivity contribution in [2.75, 3.05) is 198 Å². The molecule has 0 fully saturated rings. The minimum Gasteiger partial charge on any atom is -0.464 e. The van der Waals surface area contributed by atoms with Gasteiger partial charge in [-0.2, -0.15) is 0 Å². The van der Waals surface area contributed by atoms with Crippen molar-refractivity contribution in [2.45, 2.75) is 104 Å². The summed E-state index contributed by atoms with van der Waals surface area (Å²) in [5, 5.41) is 160. The van der Waals surface area contributed by atoms with Crippen LogP contribution in [0.5, 0.6) is 5.75 Å². The molecule has 16 N–H and O–H groups in total. The summed E-state index contributed by atoms with van der Waals surface area (Å²) >= 11 is 0. The molecule has 0 saturated carbocycles. The number of aliphatic hydroxyl groups is 16. The predicted molar refractivity (Wildman–Crippen MR) is 431 cm³/mol. The van der Waals surface area contributed by atoms with Crippen LogP contribution in [0.2, 0.25) is 0 Å². The summed E-state index contributed by atoms with van der Waals surface area (Å²) in [5.74, 6) is -22.7. The van der Waals surface area contributed by atoms with Crippen LogP contribution < -0.4 is 4.74 Å². The number of carbonyl (C=O) groups excluding carboxylic acids is 15. The second-order valence-electron chi connectivity index (χ2n) is 36.2. The van der Waals surface area contributed by atoms with E-state index in [1.165, 1.54) is 30.3 Å². The highest BCUT2D eigenvalue weighted by Crippen LogP contribution is 2.37. The number of ether oxygens (including phenoxy) is 15. The molecule has 0 aliphatic heterocycles. The highest BCUT2D eigenvalue weighted by molar-refractivity contribution is 5.88. The first-order valence-corrected chi connectivity index (χ1v) is 39.8. The van der Waals surface area contributed by atoms with Gasteiger partial charge in [-0.05, 0) is 122 Å². The molecule has 0 bridgehead atoms. The zero-order valence-corrected chi connectivity index (χ0v) is 75.2. The third kappa shape index (κ3) is 30.7. The fourth-order valence-corrected chi connectivity index (χ4v) is 9.04. The van der Waals surface area contributed by atoms with E-state index in [0.717, 1.165) is 104 Å². The summed E-state index contributed by atoms with van der Waals surface area (Å²) in [7, 11) is 0. The lowest BCUT2D eigenvalue weighted by molar-refractivity contribution is -0.189. The molecule has 1 aromatic carbocycles. The zero-order valence-electron chi connectivity index (χ0n) is 75.2. The van der Waals surface area contributed by atoms with Crippen molar-refractivity contribution in [3.05, 3.63) is 36.4 Å². The summed E-state index contributed by atoms with van der Waals surface area (Å²) in [6, 6.07) is 5.22. The van der Waals surface area contributed by atoms with Gasteiger partial charge < -0.3 is 153 Å². The van der Waals surface area contributed by atoms with Crippen LogP contribution in [0.15, 0.2) is 30.8 Å². The summed E-state index contributed by atoms with van der Waals surface area (Å²) < 4.78 is 82.8. The number of esters is 15. The average Bonchev–Trinajstić information content (AvgIpc) is 0.807. The molecule has 46 heteroatoms. The van der Waals surface area contributed by atoms with Crippen LogP contribution in [0, 0.1) is 81.2 Å². The molecule has 1 aromatic rings. The summed E-state index contributed by atoms with van der Waals surface area (Å²) in [6.45, 7) is -16.8. The largest absolute Gasteiger partial charge is 0.464 e. The first-order chi connectivity index (χ1) is 59.7. The van der Waals surface area contributed by atoms with Crippen molar-refractivity contribution in [1.82, 2.24) is 0 Å². The first-order valence-electron chi connectivity index (χ1n) is 39.8. The Hall–Kier alpha value is -9.63. The smallest absolute Gasteiger partial charge is 0.324 e. The Kier molecular flexibility index (Phi) is 45.1. The molecule has 0 radical (unpaired) electrons. The Balaban J connectivity index is 4.79. The van der Waals surface area contributed by atoms with Gasteiger partial charge in [-0.1, -0.05) is 24.8 Å². The number of hydrogen-bond acceptors (Lipinski definition) is 46. The van der Waals surface area contributed by atoms with Crippen LogP contribution in [0.3, 0.4) is 0 Å². The fourth-order valence-electron chi connectivity index (χ4n) is 9.04. The Morgan fingerprint density at radius 3 is 0.395 bits per heavy atom. The van der Waals surface area contributed by atoms with Gasteiger partial charge in [-0.25, -0.2) is 0 Å². The van der Waals surface area contributed by atoms with E-state index in [1.807, 2.05) is 0 Å². The van der Waals surface area contributed by atoms with Crippen LogP contribution in [0.4, 0.5) is 0 Å². The molecular weight excluding hydrogens is 1730 g/mol. The standard InChI is InChI=1S/C83H128O46/c1-17-52-18-20-53(21-19-52)129-68(114)83(16,50-127-66(112)81(14,46-123-62(108)77(10,38-115-54(100)69(2,22-84)23-85)39-116-55(101)70(3,24-86)25-87)47-124-63(109)78(11,40-117-56(102)71(4,26-88)27-89)41-118-57(103)72(5,28-90)29-91)51-128-67(113)82(15,48-125-64(110)79(12,42-119-58(104)73(6,30-92)31-93)43-120-59(105)74(7,32-94)33-95)49-126-65(111)80(13,44-121-60(106)75(8,34-96)35-97)45-122-61(107)76(9,36-98)37-99/h17-21,84-99H,1,22-51H2,2-16H3. The van der Waals surface area contributed by atoms with E-state index in [0.29, 0.717) is 5.56 Å². The Labute approximate surface area is 743 Å². The Morgan fingerprint density at radius 2 is 0.295 bits per heavy atom. The minimum atomic E-state index is -2.78. The van der Waals surface area contributed by atoms with E-state index in [9.17, 15) is 139 Å². The molecule has 0 aliphatic rings. The quantitative estimate of drug-likeness (QED) is 0.0165. The van der Waals surface area contributed by atoms with Crippen molar-refractivity contribution < 1.29 is 225 Å². The maximum Gasteiger partial charge on any atom is 0.324 e. The van der Waals surface area contributed by atoms with Crippen molar-refractivity contribution in [1.29, 1.82) is 0 Å². The molecule has 0 heterocycles. The Morgan fingerprint density at radius 1 is 0.194 bits per heavy atom. The predicted octanol–water partition coefficient (Wildman–Crippen LogP) is -5.19. The van der Waals surface area contributed by atoms with Crippen molar-refractivity contribution in [3.8, 4) is 5.75 Å². The molecule has 1 rings (SSSR count). The van der Waals surface area contributed by atoms with Crippen LogP contribution in [-0.2, 0) is 138 Å². The molecule has 0 saturated heterocycles. The van der Waals surface area contributed by atoms with Crippen LogP contribution >= 0.6 is 0 Å². The highest BCUT2D eigenvalue weighted by Gasteiger charge is 2.54. The molecule has 0 aromatic heterocycles. The Bertz CT molecular complexity index is 3400. The van der Waals surface area contributed by atoms with Gasteiger partial charge in [0.25, 0.3) is 0 Å². The maximum absolute atomic E-state index is 15.4. The van der Waals surface area contributed by atoms with E-state index in [-0.39, 0.29) is 5.75 Å². The lowest BCUT2D eigenvalue weighted by Gasteiger charge is -2.35. The third-order valence-electron chi connectivity index (χ3n) is 21.6. The monoisotopic (exact) mass is 1860 g/mol. The fraction of sp³-hybridized carbons (Fsp3) is 0.723. The molecular formula is C83H128O46. The first kappa shape index (κ1) is 117. The molecule has 0 aliphatic carbocycles. The maximum atomic E-state index is 15.4. The summed E-state index contributed by atoms with van der Waals surface area (Å²) in [5.41, 5.74) is -34.4. The number of hydrogen-bond donors (Lipinski definition) is 16. The van der Waals surface area contributed by atoms with Crippen LogP contribution in [0.25, 0.3) is 6.08 Å². The van der Waals surface area contributed by atoms with E-state index < -0.39 is 369 Å². The van der Waals surface area contributed by atoms with Gasteiger partial charge in [0.1, 0.15) is 179 Å². The SMILES string of the molecule is C=Cc1ccc(OC(=O)C(C)(COC(=O)C(C)(COC(=O)C(C)(COC(=O)C(C)(CO)CO)COC(=O)C(C)(CO)CO)COC(=O)C(C)(COC(=O)C(C)(CO)CO)COC(=O)C(C)(CO)CO)COC(=O)C(C)(COC(=O)C(C)(COC(=O)C(C)(CO)CO)COC(=O)C(C)(CO)CO)COC(=O)C(C)(COC(=O)C(C)(CO)CO)COC(=O)C(C)(CO)CO)cc1. The van der Waals surface area contributed by atoms with Gasteiger partial charge >= 0.3 is 89.5 Å². The second-order valence-corrected chi connectivity index (χ2v) is 36.2. The zero-order chi connectivity index (χ0) is 99.7. The van der Waals surface area contributed by atoms with Gasteiger partial charge in [0.05, 0.1) is 106 Å². The van der Waals surface area contributed by atoms with E-state index >= 15 is 14.4 Å². The van der Waals surface area contributed by atoms with Crippen molar-refractivity contribution >= 4 is 95.6 Å². The number of aliphatic hydroxyl groups excluding tert-OH is 16. The number of carbonyl (C=O) groups is 15. The van der Waals surface area contributed by atoms with E-state index in [2.05, 4.69) is 6.58 Å². The van der Waals surface area contributed by atoms with Gasteiger partial charge in [-0.3, -0.25) is 71.9 Å². The number of benzene rings is 1. The molecule has 736 valence electrons. The van der Waals surface area contributed by atoms with Gasteiger partial charge in [0.15, 0.2) is 0 Å². The highest BCUT2D eigenvalue weighted by atomic mass is 16.6. The lowest BCUT2D eigenvalue weighted by Crippen LogP contribution is -2.50. The van der Waals surface area contributed by atoms with Gasteiger partial charge in [0, 0.05) is 0 Å². The normalized spacial score (nSPS) is 13.0. The minimum absolute atomic E-state index is 0.298. The average molecular weight is 1860 g/mol. The molecule has 0 spiro atoms. The number of rotatable bonds is 61. The van der Waals surface area contributed by atoms with Crippen LogP contribution in [-0.4, -0.2) is 369 Å². The van der Waals surface area contributed by atoms with Crippen LogP contribution in [0.1, 0.15) is 109 Å². The molecule has 129 heavy (non-hydrogen) atoms. The van der Waals surface area contributed by atoms with Crippen molar-refractivity contribution in [2.24, 2.45) is 81.2 Å². The molecule has 0 atom stereocenters. The summed E-state index contributed by atoms with van der Waals surface area (Å²) in [6.07, 6.45) is 1.38. The molecule has 0 amide bonds. The van der Waals surface area contributed by atoms with Gasteiger partial charge in [0.2, 0.25) is 0 Å². The second kappa shape index (κ2) is 49.6. The lowest BCUT2D eigenvalue weighted by atomic mass is 9.89. The van der Waals surface area contributed by atoms with Crippen molar-refractivity contribution in [3.63, 3.8) is 0 Å². The third-order valence-corrected chi connectivity index (χ3v) is 21.6. The van der Waals surface area contributed by atoms with E-state index in [1.54, 1.807) is 0 Å². The summed E-state index contributed by atoms with van der Waals surface area (Å²) in [4.78, 5) is 213. The molecule has 0 unspecified atom stereocenters. The molecule has 46 nitrogen and oxygen atoms in total. The topological polar surface area (TPSA) is 718 Å².